The maximum Gasteiger partial charge on any atom is 0.240 e. The van der Waals surface area contributed by atoms with Gasteiger partial charge in [-0.3, -0.25) is 0 Å². The molecule has 0 N–H and O–H groups in total. The lowest BCUT2D eigenvalue weighted by molar-refractivity contribution is 0.450. The third kappa shape index (κ3) is 1.13. The largest absolute Gasteiger partial charge is 0.356 e. The fourth-order valence-electron chi connectivity index (χ4n) is 1.26. The molecule has 0 saturated heterocycles. The van der Waals surface area contributed by atoms with Gasteiger partial charge in [0.2, 0.25) is 6.08 Å². The van der Waals surface area contributed by atoms with E-state index in [2.05, 4.69) is 10.1 Å². The zero-order chi connectivity index (χ0) is 9.26. The predicted molar refractivity (Wildman–Crippen MR) is 46.5 cm³/mol. The van der Waals surface area contributed by atoms with Crippen molar-refractivity contribution in [1.82, 2.24) is 5.16 Å². The van der Waals surface area contributed by atoms with Crippen LogP contribution in [0.1, 0.15) is 5.69 Å². The summed E-state index contributed by atoms with van der Waals surface area (Å²) in [7, 11) is 0. The van der Waals surface area contributed by atoms with E-state index in [-0.39, 0.29) is 0 Å². The number of hydrogen-bond acceptors (Lipinski definition) is 4. The second-order valence-corrected chi connectivity index (χ2v) is 2.62. The Morgan fingerprint density at radius 2 is 2.38 bits per heavy atom. The van der Waals surface area contributed by atoms with Crippen molar-refractivity contribution in [3.63, 3.8) is 0 Å². The van der Waals surface area contributed by atoms with Gasteiger partial charge in [0.05, 0.1) is 16.8 Å². The minimum absolute atomic E-state index is 0.547. The van der Waals surface area contributed by atoms with Crippen LogP contribution < -0.4 is 0 Å². The molecule has 2 aromatic rings. The SMILES string of the molecule is Cc1noc2cccc(N=C=O)c12. The van der Waals surface area contributed by atoms with Crippen molar-refractivity contribution in [3.8, 4) is 0 Å². The zero-order valence-corrected chi connectivity index (χ0v) is 6.94. The first kappa shape index (κ1) is 7.71. The zero-order valence-electron chi connectivity index (χ0n) is 6.94. The number of isocyanates is 1. The lowest BCUT2D eigenvalue weighted by Gasteiger charge is -1.91. The number of rotatable bonds is 1. The van der Waals surface area contributed by atoms with E-state index in [9.17, 15) is 4.79 Å². The van der Waals surface area contributed by atoms with Crippen molar-refractivity contribution in [2.24, 2.45) is 4.99 Å². The van der Waals surface area contributed by atoms with Crippen molar-refractivity contribution in [2.75, 3.05) is 0 Å². The summed E-state index contributed by atoms with van der Waals surface area (Å²) < 4.78 is 5.00. The Kier molecular flexibility index (Phi) is 1.69. The summed E-state index contributed by atoms with van der Waals surface area (Å²) in [6.07, 6.45) is 1.50. The lowest BCUT2D eigenvalue weighted by atomic mass is 10.2. The van der Waals surface area contributed by atoms with E-state index in [0.717, 1.165) is 11.1 Å². The second kappa shape index (κ2) is 2.84. The molecule has 0 amide bonds. The van der Waals surface area contributed by atoms with Crippen LogP contribution in [-0.2, 0) is 4.79 Å². The van der Waals surface area contributed by atoms with Gasteiger partial charge in [0.1, 0.15) is 0 Å². The van der Waals surface area contributed by atoms with Gasteiger partial charge >= 0.3 is 0 Å². The molecule has 4 heteroatoms. The van der Waals surface area contributed by atoms with Crippen LogP contribution >= 0.6 is 0 Å². The first-order valence-corrected chi connectivity index (χ1v) is 3.76. The molecule has 0 saturated carbocycles. The Morgan fingerprint density at radius 1 is 1.54 bits per heavy atom. The second-order valence-electron chi connectivity index (χ2n) is 2.62. The molecule has 0 fully saturated rings. The summed E-state index contributed by atoms with van der Waals surface area (Å²) in [4.78, 5) is 13.7. The van der Waals surface area contributed by atoms with E-state index in [1.165, 1.54) is 6.08 Å². The van der Waals surface area contributed by atoms with E-state index in [0.29, 0.717) is 11.3 Å². The smallest absolute Gasteiger partial charge is 0.240 e. The highest BCUT2D eigenvalue weighted by molar-refractivity contribution is 5.91. The molecule has 13 heavy (non-hydrogen) atoms. The van der Waals surface area contributed by atoms with E-state index in [1.54, 1.807) is 25.1 Å². The summed E-state index contributed by atoms with van der Waals surface area (Å²) in [5.74, 6) is 0. The van der Waals surface area contributed by atoms with E-state index >= 15 is 0 Å². The number of fused-ring (bicyclic) bond motifs is 1. The van der Waals surface area contributed by atoms with Crippen LogP contribution in [-0.4, -0.2) is 11.2 Å². The maximum absolute atomic E-state index is 10.1. The molecule has 1 heterocycles. The van der Waals surface area contributed by atoms with Gasteiger partial charge in [0, 0.05) is 0 Å². The number of benzene rings is 1. The minimum Gasteiger partial charge on any atom is -0.356 e. The van der Waals surface area contributed by atoms with E-state index < -0.39 is 0 Å². The normalized spacial score (nSPS) is 9.92. The van der Waals surface area contributed by atoms with Gasteiger partial charge in [-0.1, -0.05) is 11.2 Å². The molecule has 0 spiro atoms. The van der Waals surface area contributed by atoms with Gasteiger partial charge in [-0.05, 0) is 19.1 Å². The van der Waals surface area contributed by atoms with Crippen LogP contribution in [0.2, 0.25) is 0 Å². The summed E-state index contributed by atoms with van der Waals surface area (Å²) in [5, 5.41) is 4.54. The van der Waals surface area contributed by atoms with Crippen LogP contribution in [0.4, 0.5) is 5.69 Å². The average Bonchev–Trinajstić information content (AvgIpc) is 2.50. The molecule has 0 aliphatic carbocycles. The van der Waals surface area contributed by atoms with Crippen LogP contribution in [0.5, 0.6) is 0 Å². The Hall–Kier alpha value is -1.93. The molecular weight excluding hydrogens is 168 g/mol. The highest BCUT2D eigenvalue weighted by Gasteiger charge is 2.07. The number of aromatic nitrogens is 1. The van der Waals surface area contributed by atoms with Crippen molar-refractivity contribution >= 4 is 22.7 Å². The molecule has 0 atom stereocenters. The molecule has 0 bridgehead atoms. The topological polar surface area (TPSA) is 55.5 Å². The molecule has 64 valence electrons. The molecular formula is C9H6N2O2. The predicted octanol–water partition coefficient (Wildman–Crippen LogP) is 2.10. The van der Waals surface area contributed by atoms with Gasteiger partial charge in [-0.2, -0.15) is 4.99 Å². The van der Waals surface area contributed by atoms with Gasteiger partial charge in [0.25, 0.3) is 0 Å². The van der Waals surface area contributed by atoms with Gasteiger partial charge in [-0.15, -0.1) is 0 Å². The van der Waals surface area contributed by atoms with Crippen molar-refractivity contribution in [3.05, 3.63) is 23.9 Å². The molecule has 0 aliphatic rings. The summed E-state index contributed by atoms with van der Waals surface area (Å²) in [5.41, 5.74) is 1.91. The maximum atomic E-state index is 10.1. The van der Waals surface area contributed by atoms with Crippen LogP contribution in [0, 0.1) is 6.92 Å². The third-order valence-electron chi connectivity index (χ3n) is 1.81. The standard InChI is InChI=1S/C9H6N2O2/c1-6-9-7(10-5-12)3-2-4-8(9)13-11-6/h2-4H,1H3. The molecule has 0 aliphatic heterocycles. The first-order chi connectivity index (χ1) is 6.33. The van der Waals surface area contributed by atoms with Gasteiger partial charge in [-0.25, -0.2) is 4.79 Å². The number of aryl methyl sites for hydroxylation is 1. The van der Waals surface area contributed by atoms with Gasteiger partial charge < -0.3 is 4.52 Å². The Bertz CT molecular complexity index is 495. The average molecular weight is 174 g/mol. The lowest BCUT2D eigenvalue weighted by Crippen LogP contribution is -1.71. The molecule has 0 radical (unpaired) electrons. The van der Waals surface area contributed by atoms with Gasteiger partial charge in [0.15, 0.2) is 5.58 Å². The Balaban J connectivity index is 2.87. The highest BCUT2D eigenvalue weighted by atomic mass is 16.5. The van der Waals surface area contributed by atoms with E-state index in [1.807, 2.05) is 0 Å². The van der Waals surface area contributed by atoms with E-state index in [4.69, 9.17) is 4.52 Å². The third-order valence-corrected chi connectivity index (χ3v) is 1.81. The van der Waals surface area contributed by atoms with Crippen molar-refractivity contribution < 1.29 is 9.32 Å². The van der Waals surface area contributed by atoms with Crippen molar-refractivity contribution in [2.45, 2.75) is 6.92 Å². The molecule has 1 aromatic carbocycles. The molecule has 0 unspecified atom stereocenters. The van der Waals surface area contributed by atoms with Crippen LogP contribution in [0.25, 0.3) is 11.0 Å². The summed E-state index contributed by atoms with van der Waals surface area (Å²) >= 11 is 0. The Morgan fingerprint density at radius 3 is 3.15 bits per heavy atom. The number of nitrogens with zero attached hydrogens (tertiary/aromatic N) is 2. The fourth-order valence-corrected chi connectivity index (χ4v) is 1.26. The molecule has 1 aromatic heterocycles. The summed E-state index contributed by atoms with van der Waals surface area (Å²) in [6.45, 7) is 1.80. The Labute approximate surface area is 73.9 Å². The number of hydrogen-bond donors (Lipinski definition) is 0. The molecule has 2 rings (SSSR count). The monoisotopic (exact) mass is 174 g/mol. The highest BCUT2D eigenvalue weighted by Crippen LogP contribution is 2.27. The summed E-state index contributed by atoms with van der Waals surface area (Å²) in [6, 6.07) is 5.25. The first-order valence-electron chi connectivity index (χ1n) is 3.76. The van der Waals surface area contributed by atoms with Crippen LogP contribution in [0.3, 0.4) is 0 Å². The minimum atomic E-state index is 0.547. The quantitative estimate of drug-likeness (QED) is 0.491. The van der Waals surface area contributed by atoms with Crippen molar-refractivity contribution in [1.29, 1.82) is 0 Å². The van der Waals surface area contributed by atoms with Crippen LogP contribution in [0.15, 0.2) is 27.7 Å². The number of carbonyl (C=O) groups excluding carboxylic acids is 1. The fraction of sp³-hybridized carbons (Fsp3) is 0.111. The molecule has 4 nitrogen and oxygen atoms in total. The number of aliphatic imine (C=N–C) groups is 1.